The van der Waals surface area contributed by atoms with E-state index < -0.39 is 5.97 Å². The zero-order chi connectivity index (χ0) is 21.6. The van der Waals surface area contributed by atoms with Crippen LogP contribution < -0.4 is 0 Å². The Morgan fingerprint density at radius 1 is 1.14 bits per heavy atom. The summed E-state index contributed by atoms with van der Waals surface area (Å²) < 4.78 is 12.2. The normalized spacial score (nSPS) is 14.9. The van der Waals surface area contributed by atoms with E-state index in [1.165, 1.54) is 0 Å². The Bertz CT molecular complexity index is 733. The summed E-state index contributed by atoms with van der Waals surface area (Å²) in [5.41, 5.74) is 2.63. The molecule has 0 spiro atoms. The van der Waals surface area contributed by atoms with Gasteiger partial charge in [-0.15, -0.1) is 0 Å². The van der Waals surface area contributed by atoms with E-state index in [1.54, 1.807) is 11.8 Å². The molecule has 1 aromatic rings. The number of carbonyl (C=O) groups is 3. The van der Waals surface area contributed by atoms with E-state index in [-0.39, 0.29) is 30.8 Å². The van der Waals surface area contributed by atoms with Gasteiger partial charge in [-0.25, -0.2) is 0 Å². The van der Waals surface area contributed by atoms with Gasteiger partial charge in [0.05, 0.1) is 24.6 Å². The highest BCUT2D eigenvalue weighted by atomic mass is 16.5. The van der Waals surface area contributed by atoms with Gasteiger partial charge in [0.25, 0.3) is 5.91 Å². The fraction of sp³-hybridized carbons (Fsp3) is 0.714. The number of likely N-dealkylation sites (tertiary alicyclic amines) is 1. The number of carbonyl (C=O) groups excluding carboxylic acids is 3. The van der Waals surface area contributed by atoms with Crippen molar-refractivity contribution in [2.75, 3.05) is 26.3 Å². The zero-order valence-electron chi connectivity index (χ0n) is 18.2. The predicted molar refractivity (Wildman–Crippen MR) is 107 cm³/mol. The van der Waals surface area contributed by atoms with E-state index >= 15 is 0 Å². The molecule has 29 heavy (non-hydrogen) atoms. The van der Waals surface area contributed by atoms with Gasteiger partial charge in [-0.2, -0.15) is 5.10 Å². The Hall–Kier alpha value is -2.38. The molecule has 1 aliphatic rings. The second kappa shape index (κ2) is 10.4. The van der Waals surface area contributed by atoms with E-state index in [9.17, 15) is 14.4 Å². The number of hydrogen-bond acceptors (Lipinski definition) is 6. The predicted octanol–water partition coefficient (Wildman–Crippen LogP) is 2.04. The lowest BCUT2D eigenvalue weighted by molar-refractivity contribution is -0.154. The number of piperidine rings is 1. The third-order valence-corrected chi connectivity index (χ3v) is 5.21. The Kier molecular flexibility index (Phi) is 8.22. The molecule has 8 heteroatoms. The molecule has 8 nitrogen and oxygen atoms in total. The van der Waals surface area contributed by atoms with Crippen LogP contribution in [0.4, 0.5) is 0 Å². The molecule has 1 fully saturated rings. The molecule has 2 rings (SSSR count). The van der Waals surface area contributed by atoms with E-state index in [4.69, 9.17) is 9.47 Å². The Morgan fingerprint density at radius 3 is 2.38 bits per heavy atom. The van der Waals surface area contributed by atoms with Gasteiger partial charge < -0.3 is 14.4 Å². The van der Waals surface area contributed by atoms with Crippen LogP contribution in [0.25, 0.3) is 0 Å². The molecule has 1 amide bonds. The number of hydrogen-bond donors (Lipinski definition) is 0. The van der Waals surface area contributed by atoms with Gasteiger partial charge in [0, 0.05) is 30.9 Å². The second-order valence-electron chi connectivity index (χ2n) is 7.97. The van der Waals surface area contributed by atoms with Crippen LogP contribution >= 0.6 is 0 Å². The maximum absolute atomic E-state index is 12.3. The van der Waals surface area contributed by atoms with Crippen LogP contribution in [0.1, 0.15) is 50.6 Å². The first-order valence-corrected chi connectivity index (χ1v) is 10.4. The van der Waals surface area contributed by atoms with Crippen LogP contribution in [0.15, 0.2) is 0 Å². The quantitative estimate of drug-likeness (QED) is 0.613. The second-order valence-corrected chi connectivity index (χ2v) is 7.97. The van der Waals surface area contributed by atoms with Gasteiger partial charge in [0.15, 0.2) is 6.61 Å². The van der Waals surface area contributed by atoms with Crippen molar-refractivity contribution in [3.05, 3.63) is 17.0 Å². The minimum Gasteiger partial charge on any atom is -0.466 e. The number of nitrogens with zero attached hydrogens (tertiary/aromatic N) is 3. The molecular weight excluding hydrogens is 374 g/mol. The van der Waals surface area contributed by atoms with Gasteiger partial charge in [0.1, 0.15) is 0 Å². The lowest BCUT2D eigenvalue weighted by atomic mass is 9.97. The van der Waals surface area contributed by atoms with Crippen molar-refractivity contribution in [3.63, 3.8) is 0 Å². The molecular formula is C21H33N3O5. The number of aromatic nitrogens is 2. The van der Waals surface area contributed by atoms with E-state index in [0.717, 1.165) is 23.5 Å². The Balaban J connectivity index is 1.80. The number of esters is 2. The maximum atomic E-state index is 12.3. The van der Waals surface area contributed by atoms with Crippen molar-refractivity contribution in [2.24, 2.45) is 11.8 Å². The van der Waals surface area contributed by atoms with Crippen LogP contribution in [0, 0.1) is 25.7 Å². The first-order valence-electron chi connectivity index (χ1n) is 10.4. The highest BCUT2D eigenvalue weighted by molar-refractivity contribution is 5.82. The fourth-order valence-corrected chi connectivity index (χ4v) is 3.57. The van der Waals surface area contributed by atoms with Crippen LogP contribution in [0.2, 0.25) is 0 Å². The van der Waals surface area contributed by atoms with Gasteiger partial charge in [-0.05, 0) is 39.5 Å². The molecule has 0 aromatic carbocycles. The molecule has 162 valence electrons. The minimum atomic E-state index is -0.435. The lowest BCUT2D eigenvalue weighted by Gasteiger charge is -2.30. The fourth-order valence-electron chi connectivity index (χ4n) is 3.57. The Morgan fingerprint density at radius 2 is 1.79 bits per heavy atom. The van der Waals surface area contributed by atoms with Crippen molar-refractivity contribution >= 4 is 17.8 Å². The third-order valence-electron chi connectivity index (χ3n) is 5.21. The summed E-state index contributed by atoms with van der Waals surface area (Å²) in [4.78, 5) is 38.0. The van der Waals surface area contributed by atoms with Gasteiger partial charge in [-0.1, -0.05) is 13.8 Å². The largest absolute Gasteiger partial charge is 0.466 e. The molecule has 0 N–H and O–H groups in total. The monoisotopic (exact) mass is 407 g/mol. The zero-order valence-corrected chi connectivity index (χ0v) is 18.2. The highest BCUT2D eigenvalue weighted by Gasteiger charge is 2.28. The average molecular weight is 408 g/mol. The van der Waals surface area contributed by atoms with Crippen LogP contribution in [0.3, 0.4) is 0 Å². The minimum absolute atomic E-state index is 0.105. The molecule has 0 atom stereocenters. The highest BCUT2D eigenvalue weighted by Crippen LogP contribution is 2.19. The lowest BCUT2D eigenvalue weighted by Crippen LogP contribution is -2.42. The van der Waals surface area contributed by atoms with Crippen molar-refractivity contribution in [2.45, 2.75) is 60.4 Å². The summed E-state index contributed by atoms with van der Waals surface area (Å²) >= 11 is 0. The van der Waals surface area contributed by atoms with Crippen LogP contribution in [-0.2, 0) is 36.8 Å². The summed E-state index contributed by atoms with van der Waals surface area (Å²) in [5.74, 6) is -0.567. The SMILES string of the molecule is CCOC(=O)C1CCN(C(=O)COC(=O)Cc2c(C)nn(CC(C)C)c2C)CC1. The molecule has 0 saturated carbocycles. The van der Waals surface area contributed by atoms with E-state index in [1.807, 2.05) is 18.5 Å². The maximum Gasteiger partial charge on any atom is 0.310 e. The van der Waals surface area contributed by atoms with Crippen LogP contribution in [-0.4, -0.2) is 58.8 Å². The van der Waals surface area contributed by atoms with Crippen molar-refractivity contribution < 1.29 is 23.9 Å². The molecule has 0 radical (unpaired) electrons. The van der Waals surface area contributed by atoms with Gasteiger partial charge >= 0.3 is 11.9 Å². The third kappa shape index (κ3) is 6.30. The molecule has 1 aliphatic heterocycles. The molecule has 0 unspecified atom stereocenters. The van der Waals surface area contributed by atoms with Crippen molar-refractivity contribution in [3.8, 4) is 0 Å². The molecule has 0 aliphatic carbocycles. The van der Waals surface area contributed by atoms with Crippen molar-refractivity contribution in [1.82, 2.24) is 14.7 Å². The number of amides is 1. The topological polar surface area (TPSA) is 90.7 Å². The smallest absolute Gasteiger partial charge is 0.310 e. The van der Waals surface area contributed by atoms with Crippen LogP contribution in [0.5, 0.6) is 0 Å². The van der Waals surface area contributed by atoms with Gasteiger partial charge in [0.2, 0.25) is 0 Å². The first kappa shape index (κ1) is 22.9. The summed E-state index contributed by atoms with van der Waals surface area (Å²) in [6, 6.07) is 0. The summed E-state index contributed by atoms with van der Waals surface area (Å²) in [6.45, 7) is 11.7. The number of aryl methyl sites for hydroxylation is 1. The van der Waals surface area contributed by atoms with Gasteiger partial charge in [-0.3, -0.25) is 19.1 Å². The Labute approximate surface area is 172 Å². The van der Waals surface area contributed by atoms with E-state index in [2.05, 4.69) is 18.9 Å². The molecule has 2 heterocycles. The summed E-state index contributed by atoms with van der Waals surface area (Å²) in [6.07, 6.45) is 1.26. The summed E-state index contributed by atoms with van der Waals surface area (Å²) in [7, 11) is 0. The van der Waals surface area contributed by atoms with E-state index in [0.29, 0.717) is 38.5 Å². The van der Waals surface area contributed by atoms with Crippen molar-refractivity contribution in [1.29, 1.82) is 0 Å². The molecule has 1 aromatic heterocycles. The standard InChI is InChI=1S/C21H33N3O5/c1-6-28-21(27)17-7-9-23(10-8-17)19(25)13-29-20(26)11-18-15(4)22-24(16(18)5)12-14(2)3/h14,17H,6-13H2,1-5H3. The molecule has 1 saturated heterocycles. The first-order chi connectivity index (χ1) is 13.7. The summed E-state index contributed by atoms with van der Waals surface area (Å²) in [5, 5.41) is 4.50. The molecule has 0 bridgehead atoms. The number of rotatable bonds is 8. The average Bonchev–Trinajstić information content (AvgIpc) is 2.93. The number of ether oxygens (including phenoxy) is 2.